The Balaban J connectivity index is 1.58. The SMILES string of the molecule is CCOC1CN(c2cnn(Cc3c(-c4ccc(C(F)(F)F)cc4F)nnn3C)c(=O)c2)C1. The fourth-order valence-corrected chi connectivity index (χ4v) is 3.49. The number of rotatable bonds is 6. The molecule has 0 amide bonds. The zero-order valence-electron chi connectivity index (χ0n) is 17.3. The highest BCUT2D eigenvalue weighted by atomic mass is 19.4. The van der Waals surface area contributed by atoms with Crippen molar-refractivity contribution >= 4 is 5.69 Å². The van der Waals surface area contributed by atoms with Gasteiger partial charge in [0.15, 0.2) is 0 Å². The summed E-state index contributed by atoms with van der Waals surface area (Å²) in [5.41, 5.74) is -0.601. The molecule has 0 atom stereocenters. The van der Waals surface area contributed by atoms with Gasteiger partial charge in [0.25, 0.3) is 5.56 Å². The lowest BCUT2D eigenvalue weighted by atomic mass is 10.1. The summed E-state index contributed by atoms with van der Waals surface area (Å²) in [5, 5.41) is 11.9. The fourth-order valence-electron chi connectivity index (χ4n) is 3.49. The van der Waals surface area contributed by atoms with Gasteiger partial charge in [-0.2, -0.15) is 18.3 Å². The molecule has 3 heterocycles. The molecule has 8 nitrogen and oxygen atoms in total. The van der Waals surface area contributed by atoms with E-state index in [0.29, 0.717) is 37.1 Å². The van der Waals surface area contributed by atoms with Crippen LogP contribution in [-0.4, -0.2) is 50.6 Å². The molecular weight excluding hydrogens is 432 g/mol. The lowest BCUT2D eigenvalue weighted by Gasteiger charge is -2.40. The summed E-state index contributed by atoms with van der Waals surface area (Å²) in [6.07, 6.45) is -2.99. The summed E-state index contributed by atoms with van der Waals surface area (Å²) in [7, 11) is 1.54. The quantitative estimate of drug-likeness (QED) is 0.535. The second-order valence-electron chi connectivity index (χ2n) is 7.39. The first-order valence-corrected chi connectivity index (χ1v) is 9.86. The van der Waals surface area contributed by atoms with Crippen LogP contribution in [0.2, 0.25) is 0 Å². The van der Waals surface area contributed by atoms with Crippen LogP contribution in [-0.2, 0) is 24.5 Å². The summed E-state index contributed by atoms with van der Waals surface area (Å²) in [6.45, 7) is 3.80. The average Bonchev–Trinajstić information content (AvgIpc) is 3.05. The molecule has 170 valence electrons. The van der Waals surface area contributed by atoms with Gasteiger partial charge in [-0.15, -0.1) is 5.10 Å². The molecule has 0 N–H and O–H groups in total. The number of hydrogen-bond donors (Lipinski definition) is 0. The fraction of sp³-hybridized carbons (Fsp3) is 0.400. The average molecular weight is 452 g/mol. The van der Waals surface area contributed by atoms with Gasteiger partial charge in [0.2, 0.25) is 0 Å². The van der Waals surface area contributed by atoms with Crippen LogP contribution in [0.4, 0.5) is 23.2 Å². The van der Waals surface area contributed by atoms with Crippen molar-refractivity contribution < 1.29 is 22.3 Å². The standard InChI is InChI=1S/C20H20F4N6O2/c1-3-32-14-9-29(10-14)13-7-18(31)30(25-8-13)11-17-19(26-27-28(17)2)15-5-4-12(6-16(15)21)20(22,23)24/h4-8,14H,3,9-11H2,1-2H3. The first-order chi connectivity index (χ1) is 15.2. The van der Waals surface area contributed by atoms with E-state index in [-0.39, 0.29) is 29.5 Å². The van der Waals surface area contributed by atoms with Crippen LogP contribution in [0.25, 0.3) is 11.3 Å². The first kappa shape index (κ1) is 21.9. The van der Waals surface area contributed by atoms with Crippen LogP contribution < -0.4 is 10.5 Å². The normalized spacial score (nSPS) is 14.6. The van der Waals surface area contributed by atoms with E-state index in [4.69, 9.17) is 4.74 Å². The van der Waals surface area contributed by atoms with Crippen LogP contribution >= 0.6 is 0 Å². The minimum Gasteiger partial charge on any atom is -0.375 e. The summed E-state index contributed by atoms with van der Waals surface area (Å²) in [4.78, 5) is 14.6. The van der Waals surface area contributed by atoms with Gasteiger partial charge < -0.3 is 9.64 Å². The Morgan fingerprint density at radius 1 is 1.22 bits per heavy atom. The Morgan fingerprint density at radius 3 is 2.59 bits per heavy atom. The number of ether oxygens (including phenoxy) is 1. The monoisotopic (exact) mass is 452 g/mol. The number of anilines is 1. The number of aromatic nitrogens is 5. The molecule has 0 radical (unpaired) electrons. The van der Waals surface area contributed by atoms with Crippen LogP contribution in [0, 0.1) is 5.82 Å². The molecule has 12 heteroatoms. The van der Waals surface area contributed by atoms with Crippen LogP contribution in [0.15, 0.2) is 35.3 Å². The Kier molecular flexibility index (Phi) is 5.71. The van der Waals surface area contributed by atoms with Crippen molar-refractivity contribution in [2.24, 2.45) is 7.05 Å². The predicted molar refractivity (Wildman–Crippen MR) is 107 cm³/mol. The Morgan fingerprint density at radius 2 is 1.97 bits per heavy atom. The highest BCUT2D eigenvalue weighted by Crippen LogP contribution is 2.33. The Labute approximate surface area is 180 Å². The van der Waals surface area contributed by atoms with Crippen LogP contribution in [0.1, 0.15) is 18.2 Å². The zero-order valence-corrected chi connectivity index (χ0v) is 17.3. The van der Waals surface area contributed by atoms with Gasteiger partial charge in [-0.3, -0.25) is 4.79 Å². The van der Waals surface area contributed by atoms with E-state index in [9.17, 15) is 22.4 Å². The van der Waals surface area contributed by atoms with E-state index in [1.165, 1.54) is 10.7 Å². The molecule has 1 aromatic carbocycles. The minimum absolute atomic E-state index is 0.0406. The van der Waals surface area contributed by atoms with Crippen molar-refractivity contribution in [1.82, 2.24) is 24.8 Å². The maximum absolute atomic E-state index is 14.5. The molecule has 0 spiro atoms. The van der Waals surface area contributed by atoms with Gasteiger partial charge in [-0.1, -0.05) is 5.21 Å². The van der Waals surface area contributed by atoms with Crippen molar-refractivity contribution in [3.05, 3.63) is 57.9 Å². The molecule has 1 fully saturated rings. The number of aryl methyl sites for hydroxylation is 1. The topological polar surface area (TPSA) is 78.1 Å². The van der Waals surface area contributed by atoms with Gasteiger partial charge in [0.1, 0.15) is 11.5 Å². The number of benzene rings is 1. The molecule has 1 aliphatic rings. The first-order valence-electron chi connectivity index (χ1n) is 9.86. The molecule has 2 aromatic heterocycles. The predicted octanol–water partition coefficient (Wildman–Crippen LogP) is 2.47. The minimum atomic E-state index is -4.66. The number of alkyl halides is 3. The van der Waals surface area contributed by atoms with Crippen molar-refractivity contribution in [2.45, 2.75) is 25.7 Å². The second-order valence-corrected chi connectivity index (χ2v) is 7.39. The van der Waals surface area contributed by atoms with E-state index in [1.807, 2.05) is 11.8 Å². The largest absolute Gasteiger partial charge is 0.416 e. The third kappa shape index (κ3) is 4.22. The molecule has 32 heavy (non-hydrogen) atoms. The summed E-state index contributed by atoms with van der Waals surface area (Å²) >= 11 is 0. The molecule has 1 aliphatic heterocycles. The molecule has 0 saturated carbocycles. The Hall–Kier alpha value is -3.28. The maximum atomic E-state index is 14.5. The molecule has 0 bridgehead atoms. The lowest BCUT2D eigenvalue weighted by Crippen LogP contribution is -2.52. The van der Waals surface area contributed by atoms with E-state index in [0.717, 1.165) is 16.8 Å². The lowest BCUT2D eigenvalue weighted by molar-refractivity contribution is -0.137. The zero-order chi connectivity index (χ0) is 23.0. The van der Waals surface area contributed by atoms with E-state index in [1.54, 1.807) is 13.2 Å². The summed E-state index contributed by atoms with van der Waals surface area (Å²) in [5.74, 6) is -1.08. The van der Waals surface area contributed by atoms with Crippen molar-refractivity contribution in [2.75, 3.05) is 24.6 Å². The van der Waals surface area contributed by atoms with Gasteiger partial charge in [-0.05, 0) is 25.1 Å². The molecule has 4 rings (SSSR count). The van der Waals surface area contributed by atoms with Gasteiger partial charge in [0.05, 0.1) is 35.8 Å². The highest BCUT2D eigenvalue weighted by molar-refractivity contribution is 5.62. The molecule has 3 aromatic rings. The molecule has 0 unspecified atom stereocenters. The smallest absolute Gasteiger partial charge is 0.375 e. The highest BCUT2D eigenvalue weighted by Gasteiger charge is 2.32. The number of halogens is 4. The summed E-state index contributed by atoms with van der Waals surface area (Å²) in [6, 6.07) is 3.63. The van der Waals surface area contributed by atoms with Gasteiger partial charge in [-0.25, -0.2) is 13.8 Å². The Bertz CT molecular complexity index is 1180. The van der Waals surface area contributed by atoms with Crippen LogP contribution in [0.5, 0.6) is 0 Å². The number of hydrogen-bond acceptors (Lipinski definition) is 6. The van der Waals surface area contributed by atoms with Gasteiger partial charge in [0, 0.05) is 38.4 Å². The van der Waals surface area contributed by atoms with Crippen molar-refractivity contribution in [3.8, 4) is 11.3 Å². The van der Waals surface area contributed by atoms with E-state index < -0.39 is 17.6 Å². The maximum Gasteiger partial charge on any atom is 0.416 e. The summed E-state index contributed by atoms with van der Waals surface area (Å²) < 4.78 is 61.0. The van der Waals surface area contributed by atoms with Crippen molar-refractivity contribution in [1.29, 1.82) is 0 Å². The van der Waals surface area contributed by atoms with E-state index >= 15 is 0 Å². The van der Waals surface area contributed by atoms with Crippen LogP contribution in [0.3, 0.4) is 0 Å². The second kappa shape index (κ2) is 8.34. The van der Waals surface area contributed by atoms with Crippen molar-refractivity contribution in [3.63, 3.8) is 0 Å². The number of nitrogens with zero attached hydrogens (tertiary/aromatic N) is 6. The molecular formula is C20H20F4N6O2. The molecule has 1 saturated heterocycles. The molecule has 0 aliphatic carbocycles. The van der Waals surface area contributed by atoms with E-state index in [2.05, 4.69) is 15.4 Å². The van der Waals surface area contributed by atoms with Gasteiger partial charge >= 0.3 is 6.18 Å². The third-order valence-corrected chi connectivity index (χ3v) is 5.26. The third-order valence-electron chi connectivity index (χ3n) is 5.26.